The van der Waals surface area contributed by atoms with Crippen LogP contribution in [0.4, 0.5) is 5.69 Å². The molecule has 1 amide bonds. The minimum atomic E-state index is 0.217. The maximum Gasteiger partial charge on any atom is 0.223 e. The van der Waals surface area contributed by atoms with Crippen molar-refractivity contribution in [1.82, 2.24) is 10.6 Å². The third kappa shape index (κ3) is 4.23. The molecule has 1 aliphatic rings. The lowest BCUT2D eigenvalue weighted by Crippen LogP contribution is -2.33. The second kappa shape index (κ2) is 6.75. The second-order valence-corrected chi connectivity index (χ2v) is 5.73. The predicted octanol–water partition coefficient (Wildman–Crippen LogP) is 1.93. The molecule has 0 aromatic heterocycles. The summed E-state index contributed by atoms with van der Waals surface area (Å²) in [6.07, 6.45) is 2.13. The molecule has 0 spiro atoms. The number of nitrogens with one attached hydrogen (secondary N) is 2. The summed E-state index contributed by atoms with van der Waals surface area (Å²) in [6.45, 7) is 3.65. The van der Waals surface area contributed by atoms with Gasteiger partial charge in [0.1, 0.15) is 0 Å². The van der Waals surface area contributed by atoms with Crippen molar-refractivity contribution in [2.45, 2.75) is 25.8 Å². The first-order valence-electron chi connectivity index (χ1n) is 7.36. The Morgan fingerprint density at radius 3 is 2.45 bits per heavy atom. The normalized spacial score (nSPS) is 15.8. The monoisotopic (exact) mass is 275 g/mol. The fourth-order valence-corrected chi connectivity index (χ4v) is 2.14. The average molecular weight is 275 g/mol. The zero-order valence-corrected chi connectivity index (χ0v) is 12.6. The molecule has 1 unspecified atom stereocenters. The summed E-state index contributed by atoms with van der Waals surface area (Å²) in [5.74, 6) is 0.515. The second-order valence-electron chi connectivity index (χ2n) is 5.73. The van der Waals surface area contributed by atoms with Gasteiger partial charge in [0.05, 0.1) is 0 Å². The molecule has 1 aromatic carbocycles. The van der Waals surface area contributed by atoms with E-state index in [-0.39, 0.29) is 5.91 Å². The molecule has 2 N–H and O–H groups in total. The van der Waals surface area contributed by atoms with Gasteiger partial charge in [-0.1, -0.05) is 12.1 Å². The fraction of sp³-hybridized carbons (Fsp3) is 0.562. The van der Waals surface area contributed by atoms with E-state index in [0.717, 1.165) is 19.4 Å². The van der Waals surface area contributed by atoms with E-state index >= 15 is 0 Å². The molecule has 1 atom stereocenters. The molecule has 0 saturated heterocycles. The number of nitrogens with zero attached hydrogens (tertiary/aromatic N) is 1. The number of anilines is 1. The standard InChI is InChI=1S/C16H25N3O/c1-12(13-6-8-15(9-7-13)19(2)3)17-10-11-18-16(20)14-4-5-14/h6-9,12,14,17H,4-5,10-11H2,1-3H3,(H,18,20). The van der Waals surface area contributed by atoms with Crippen molar-refractivity contribution >= 4 is 11.6 Å². The van der Waals surface area contributed by atoms with Crippen molar-refractivity contribution in [3.8, 4) is 0 Å². The van der Waals surface area contributed by atoms with Gasteiger partial charge in [-0.15, -0.1) is 0 Å². The molecular weight excluding hydrogens is 250 g/mol. The Bertz CT molecular complexity index is 438. The van der Waals surface area contributed by atoms with Crippen LogP contribution >= 0.6 is 0 Å². The van der Waals surface area contributed by atoms with E-state index in [4.69, 9.17) is 0 Å². The fourth-order valence-electron chi connectivity index (χ4n) is 2.14. The van der Waals surface area contributed by atoms with Crippen LogP contribution in [0.3, 0.4) is 0 Å². The molecule has 0 heterocycles. The minimum absolute atomic E-state index is 0.217. The van der Waals surface area contributed by atoms with Gasteiger partial charge in [0.25, 0.3) is 0 Å². The number of rotatable bonds is 7. The van der Waals surface area contributed by atoms with Crippen molar-refractivity contribution < 1.29 is 4.79 Å². The van der Waals surface area contributed by atoms with Crippen LogP contribution in [0.5, 0.6) is 0 Å². The van der Waals surface area contributed by atoms with E-state index in [1.54, 1.807) is 0 Å². The molecule has 4 nitrogen and oxygen atoms in total. The summed E-state index contributed by atoms with van der Waals surface area (Å²) in [7, 11) is 4.08. The summed E-state index contributed by atoms with van der Waals surface area (Å²) in [6, 6.07) is 8.85. The number of hydrogen-bond acceptors (Lipinski definition) is 3. The van der Waals surface area contributed by atoms with Crippen molar-refractivity contribution in [3.05, 3.63) is 29.8 Å². The van der Waals surface area contributed by atoms with Gasteiger partial charge in [-0.2, -0.15) is 0 Å². The van der Waals surface area contributed by atoms with Gasteiger partial charge in [-0.3, -0.25) is 4.79 Å². The molecule has 20 heavy (non-hydrogen) atoms. The van der Waals surface area contributed by atoms with Gasteiger partial charge < -0.3 is 15.5 Å². The van der Waals surface area contributed by atoms with E-state index < -0.39 is 0 Å². The molecule has 1 fully saturated rings. The van der Waals surface area contributed by atoms with Crippen molar-refractivity contribution in [2.24, 2.45) is 5.92 Å². The zero-order chi connectivity index (χ0) is 14.5. The van der Waals surface area contributed by atoms with Gasteiger partial charge in [0.2, 0.25) is 5.91 Å². The van der Waals surface area contributed by atoms with Gasteiger partial charge in [0, 0.05) is 44.8 Å². The van der Waals surface area contributed by atoms with Crippen molar-refractivity contribution in [1.29, 1.82) is 0 Å². The Morgan fingerprint density at radius 1 is 1.25 bits per heavy atom. The first kappa shape index (κ1) is 14.9. The van der Waals surface area contributed by atoms with Crippen molar-refractivity contribution in [2.75, 3.05) is 32.1 Å². The van der Waals surface area contributed by atoms with Gasteiger partial charge in [-0.05, 0) is 37.5 Å². The van der Waals surface area contributed by atoms with Crippen LogP contribution in [0.15, 0.2) is 24.3 Å². The third-order valence-corrected chi connectivity index (χ3v) is 3.73. The Labute approximate surface area is 121 Å². The maximum atomic E-state index is 11.5. The lowest BCUT2D eigenvalue weighted by atomic mass is 10.1. The summed E-state index contributed by atoms with van der Waals surface area (Å²) in [5.41, 5.74) is 2.47. The molecule has 0 aliphatic heterocycles. The molecule has 1 saturated carbocycles. The first-order valence-corrected chi connectivity index (χ1v) is 7.36. The minimum Gasteiger partial charge on any atom is -0.378 e. The van der Waals surface area contributed by atoms with Gasteiger partial charge in [-0.25, -0.2) is 0 Å². The number of amides is 1. The maximum absolute atomic E-state index is 11.5. The molecule has 0 radical (unpaired) electrons. The van der Waals surface area contributed by atoms with E-state index in [1.807, 2.05) is 14.1 Å². The summed E-state index contributed by atoms with van der Waals surface area (Å²) < 4.78 is 0. The first-order chi connectivity index (χ1) is 9.58. The van der Waals surface area contributed by atoms with Crippen LogP contribution in [0.25, 0.3) is 0 Å². The number of carbonyl (C=O) groups excluding carboxylic acids is 1. The summed E-state index contributed by atoms with van der Waals surface area (Å²) in [5, 5.41) is 6.40. The molecule has 0 bridgehead atoms. The van der Waals surface area contributed by atoms with E-state index in [2.05, 4.69) is 46.7 Å². The van der Waals surface area contributed by atoms with Crippen LogP contribution in [0.2, 0.25) is 0 Å². The van der Waals surface area contributed by atoms with Gasteiger partial charge in [0.15, 0.2) is 0 Å². The summed E-state index contributed by atoms with van der Waals surface area (Å²) in [4.78, 5) is 13.6. The lowest BCUT2D eigenvalue weighted by molar-refractivity contribution is -0.122. The third-order valence-electron chi connectivity index (χ3n) is 3.73. The van der Waals surface area contributed by atoms with Crippen LogP contribution in [-0.4, -0.2) is 33.1 Å². The average Bonchev–Trinajstić information content (AvgIpc) is 3.27. The van der Waals surface area contributed by atoms with Crippen LogP contribution in [-0.2, 0) is 4.79 Å². The number of carbonyl (C=O) groups is 1. The number of hydrogen-bond donors (Lipinski definition) is 2. The van der Waals surface area contributed by atoms with E-state index in [9.17, 15) is 4.79 Å². The quantitative estimate of drug-likeness (QED) is 0.747. The Kier molecular flexibility index (Phi) is 5.01. The van der Waals surface area contributed by atoms with Crippen molar-refractivity contribution in [3.63, 3.8) is 0 Å². The number of benzene rings is 1. The smallest absolute Gasteiger partial charge is 0.223 e. The van der Waals surface area contributed by atoms with Gasteiger partial charge >= 0.3 is 0 Å². The largest absolute Gasteiger partial charge is 0.378 e. The Hall–Kier alpha value is -1.55. The molecule has 1 aliphatic carbocycles. The van der Waals surface area contributed by atoms with Crippen LogP contribution < -0.4 is 15.5 Å². The highest BCUT2D eigenvalue weighted by Crippen LogP contribution is 2.28. The topological polar surface area (TPSA) is 44.4 Å². The molecule has 4 heteroatoms. The lowest BCUT2D eigenvalue weighted by Gasteiger charge is -2.17. The molecule has 110 valence electrons. The Balaban J connectivity index is 1.70. The highest BCUT2D eigenvalue weighted by atomic mass is 16.2. The highest BCUT2D eigenvalue weighted by Gasteiger charge is 2.28. The SMILES string of the molecule is CC(NCCNC(=O)C1CC1)c1ccc(N(C)C)cc1. The highest BCUT2D eigenvalue weighted by molar-refractivity contribution is 5.80. The van der Waals surface area contributed by atoms with E-state index in [1.165, 1.54) is 11.3 Å². The zero-order valence-electron chi connectivity index (χ0n) is 12.6. The summed E-state index contributed by atoms with van der Waals surface area (Å²) >= 11 is 0. The molecule has 1 aromatic rings. The molecular formula is C16H25N3O. The van der Waals surface area contributed by atoms with Crippen LogP contribution in [0.1, 0.15) is 31.4 Å². The van der Waals surface area contributed by atoms with E-state index in [0.29, 0.717) is 18.5 Å². The molecule has 2 rings (SSSR count). The predicted molar refractivity (Wildman–Crippen MR) is 82.9 cm³/mol. The Morgan fingerprint density at radius 2 is 1.90 bits per heavy atom. The van der Waals surface area contributed by atoms with Crippen LogP contribution in [0, 0.1) is 5.92 Å².